The standard InChI is InChI=1S/C15H9ClF4O/c1-8-5-11(12(16)7-13(8)17)14(21)9-3-2-4-10(6-9)15(18,19)20/h2-7H,1H3. The maximum absolute atomic E-state index is 13.3. The van der Waals surface area contributed by atoms with Gasteiger partial charge in [-0.25, -0.2) is 4.39 Å². The van der Waals surface area contributed by atoms with Gasteiger partial charge >= 0.3 is 6.18 Å². The summed E-state index contributed by atoms with van der Waals surface area (Å²) in [5.74, 6) is -1.27. The van der Waals surface area contributed by atoms with E-state index >= 15 is 0 Å². The van der Waals surface area contributed by atoms with Crippen LogP contribution in [0.3, 0.4) is 0 Å². The summed E-state index contributed by atoms with van der Waals surface area (Å²) >= 11 is 5.79. The maximum Gasteiger partial charge on any atom is 0.416 e. The Balaban J connectivity index is 2.48. The summed E-state index contributed by atoms with van der Waals surface area (Å²) in [6, 6.07) is 6.20. The molecule has 2 rings (SSSR count). The summed E-state index contributed by atoms with van der Waals surface area (Å²) in [4.78, 5) is 12.2. The van der Waals surface area contributed by atoms with Gasteiger partial charge in [-0.2, -0.15) is 13.2 Å². The van der Waals surface area contributed by atoms with Gasteiger partial charge in [0.1, 0.15) is 5.82 Å². The molecule has 0 unspecified atom stereocenters. The Morgan fingerprint density at radius 2 is 1.81 bits per heavy atom. The molecule has 0 saturated carbocycles. The van der Waals surface area contributed by atoms with Crippen LogP contribution in [0.2, 0.25) is 5.02 Å². The van der Waals surface area contributed by atoms with Crippen LogP contribution in [0, 0.1) is 12.7 Å². The first-order chi connectivity index (χ1) is 9.70. The van der Waals surface area contributed by atoms with Gasteiger partial charge in [0.25, 0.3) is 0 Å². The fourth-order valence-corrected chi connectivity index (χ4v) is 2.06. The van der Waals surface area contributed by atoms with E-state index in [1.807, 2.05) is 0 Å². The minimum Gasteiger partial charge on any atom is -0.289 e. The summed E-state index contributed by atoms with van der Waals surface area (Å²) < 4.78 is 51.2. The molecule has 1 nitrogen and oxygen atoms in total. The summed E-state index contributed by atoms with van der Waals surface area (Å²) in [7, 11) is 0. The summed E-state index contributed by atoms with van der Waals surface area (Å²) in [6.45, 7) is 1.44. The normalized spacial score (nSPS) is 11.5. The first-order valence-electron chi connectivity index (χ1n) is 5.88. The van der Waals surface area contributed by atoms with Crippen molar-refractivity contribution in [1.82, 2.24) is 0 Å². The lowest BCUT2D eigenvalue weighted by Crippen LogP contribution is -2.09. The number of rotatable bonds is 2. The second-order valence-corrected chi connectivity index (χ2v) is 4.90. The molecule has 0 saturated heterocycles. The number of alkyl halides is 3. The molecule has 0 aromatic heterocycles. The summed E-state index contributed by atoms with van der Waals surface area (Å²) in [6.07, 6.45) is -4.54. The van der Waals surface area contributed by atoms with Crippen molar-refractivity contribution in [1.29, 1.82) is 0 Å². The summed E-state index contributed by atoms with van der Waals surface area (Å²) in [5, 5.41) is -0.138. The lowest BCUT2D eigenvalue weighted by Gasteiger charge is -2.09. The van der Waals surface area contributed by atoms with Gasteiger partial charge in [-0.1, -0.05) is 23.7 Å². The fourth-order valence-electron chi connectivity index (χ4n) is 1.82. The number of hydrogen-bond acceptors (Lipinski definition) is 1. The van der Waals surface area contributed by atoms with Gasteiger partial charge in [0.2, 0.25) is 0 Å². The lowest BCUT2D eigenvalue weighted by atomic mass is 9.99. The smallest absolute Gasteiger partial charge is 0.289 e. The number of aryl methyl sites for hydroxylation is 1. The SMILES string of the molecule is Cc1cc(C(=O)c2cccc(C(F)(F)F)c2)c(Cl)cc1F. The van der Waals surface area contributed by atoms with Crippen molar-refractivity contribution in [3.63, 3.8) is 0 Å². The molecule has 0 amide bonds. The Labute approximate surface area is 123 Å². The van der Waals surface area contributed by atoms with Gasteiger partial charge < -0.3 is 0 Å². The van der Waals surface area contributed by atoms with Crippen LogP contribution in [-0.4, -0.2) is 5.78 Å². The molecular formula is C15H9ClF4O. The van der Waals surface area contributed by atoms with E-state index in [2.05, 4.69) is 0 Å². The van der Waals surface area contributed by atoms with Crippen LogP contribution in [0.5, 0.6) is 0 Å². The fraction of sp³-hybridized carbons (Fsp3) is 0.133. The van der Waals surface area contributed by atoms with E-state index in [-0.39, 0.29) is 21.7 Å². The topological polar surface area (TPSA) is 17.1 Å². The van der Waals surface area contributed by atoms with Crippen LogP contribution in [0.15, 0.2) is 36.4 Å². The highest BCUT2D eigenvalue weighted by molar-refractivity contribution is 6.35. The van der Waals surface area contributed by atoms with Crippen molar-refractivity contribution in [2.45, 2.75) is 13.1 Å². The average molecular weight is 317 g/mol. The van der Waals surface area contributed by atoms with Gasteiger partial charge in [-0.15, -0.1) is 0 Å². The van der Waals surface area contributed by atoms with E-state index in [0.29, 0.717) is 0 Å². The zero-order valence-corrected chi connectivity index (χ0v) is 11.5. The van der Waals surface area contributed by atoms with Crippen LogP contribution in [0.4, 0.5) is 17.6 Å². The largest absolute Gasteiger partial charge is 0.416 e. The molecule has 0 atom stereocenters. The summed E-state index contributed by atoms with van der Waals surface area (Å²) in [5.41, 5.74) is -0.925. The van der Waals surface area contributed by atoms with Gasteiger partial charge in [0, 0.05) is 11.1 Å². The molecule has 0 heterocycles. The van der Waals surface area contributed by atoms with Gasteiger partial charge in [0.05, 0.1) is 10.6 Å². The molecule has 21 heavy (non-hydrogen) atoms. The Bertz CT molecular complexity index is 707. The third-order valence-electron chi connectivity index (χ3n) is 2.95. The first kappa shape index (κ1) is 15.5. The predicted molar refractivity (Wildman–Crippen MR) is 71.0 cm³/mol. The molecule has 0 aliphatic rings. The molecule has 2 aromatic carbocycles. The average Bonchev–Trinajstić information content (AvgIpc) is 2.41. The van der Waals surface area contributed by atoms with Crippen molar-refractivity contribution < 1.29 is 22.4 Å². The Morgan fingerprint density at radius 3 is 2.43 bits per heavy atom. The third-order valence-corrected chi connectivity index (χ3v) is 3.26. The van der Waals surface area contributed by atoms with Crippen molar-refractivity contribution in [2.75, 3.05) is 0 Å². The molecule has 0 fully saturated rings. The maximum atomic E-state index is 13.3. The van der Waals surface area contributed by atoms with Crippen molar-refractivity contribution in [3.05, 3.63) is 69.5 Å². The zero-order chi connectivity index (χ0) is 15.8. The van der Waals surface area contributed by atoms with E-state index in [0.717, 1.165) is 24.3 Å². The van der Waals surface area contributed by atoms with E-state index in [1.165, 1.54) is 19.1 Å². The molecule has 6 heteroatoms. The molecule has 0 bridgehead atoms. The van der Waals surface area contributed by atoms with Gasteiger partial charge in [-0.05, 0) is 36.8 Å². The quantitative estimate of drug-likeness (QED) is 0.560. The molecule has 0 radical (unpaired) electrons. The van der Waals surface area contributed by atoms with Crippen LogP contribution in [-0.2, 0) is 6.18 Å². The highest BCUT2D eigenvalue weighted by atomic mass is 35.5. The first-order valence-corrected chi connectivity index (χ1v) is 6.25. The highest BCUT2D eigenvalue weighted by Gasteiger charge is 2.31. The molecule has 0 spiro atoms. The lowest BCUT2D eigenvalue weighted by molar-refractivity contribution is -0.137. The molecule has 0 aliphatic carbocycles. The number of hydrogen-bond donors (Lipinski definition) is 0. The van der Waals surface area contributed by atoms with E-state index in [9.17, 15) is 22.4 Å². The monoisotopic (exact) mass is 316 g/mol. The van der Waals surface area contributed by atoms with E-state index in [1.54, 1.807) is 0 Å². The van der Waals surface area contributed by atoms with Crippen LogP contribution in [0.25, 0.3) is 0 Å². The second kappa shape index (κ2) is 5.48. The van der Waals surface area contributed by atoms with Crippen LogP contribution in [0.1, 0.15) is 27.0 Å². The zero-order valence-electron chi connectivity index (χ0n) is 10.8. The minimum absolute atomic E-state index is 0.0325. The predicted octanol–water partition coefficient (Wildman–Crippen LogP) is 5.04. The van der Waals surface area contributed by atoms with Crippen LogP contribution >= 0.6 is 11.6 Å². The van der Waals surface area contributed by atoms with Crippen LogP contribution < -0.4 is 0 Å². The molecular weight excluding hydrogens is 308 g/mol. The molecule has 2 aromatic rings. The van der Waals surface area contributed by atoms with Crippen molar-refractivity contribution in [2.24, 2.45) is 0 Å². The minimum atomic E-state index is -4.54. The molecule has 0 aliphatic heterocycles. The van der Waals surface area contributed by atoms with Gasteiger partial charge in [0.15, 0.2) is 5.78 Å². The molecule has 110 valence electrons. The Hall–Kier alpha value is -1.88. The van der Waals surface area contributed by atoms with E-state index in [4.69, 9.17) is 11.6 Å². The number of carbonyl (C=O) groups is 1. The van der Waals surface area contributed by atoms with Crippen molar-refractivity contribution >= 4 is 17.4 Å². The number of carbonyl (C=O) groups excluding carboxylic acids is 1. The van der Waals surface area contributed by atoms with E-state index < -0.39 is 23.3 Å². The number of benzene rings is 2. The second-order valence-electron chi connectivity index (χ2n) is 4.49. The van der Waals surface area contributed by atoms with Gasteiger partial charge in [-0.3, -0.25) is 4.79 Å². The number of halogens is 5. The Kier molecular flexibility index (Phi) is 4.05. The Morgan fingerprint density at radius 1 is 1.14 bits per heavy atom. The molecule has 0 N–H and O–H groups in total. The third kappa shape index (κ3) is 3.24. The number of ketones is 1. The highest BCUT2D eigenvalue weighted by Crippen LogP contribution is 2.30. The van der Waals surface area contributed by atoms with Crippen molar-refractivity contribution in [3.8, 4) is 0 Å².